The number of ether oxygens (including phenoxy) is 6. The molecule has 0 saturated carbocycles. The van der Waals surface area contributed by atoms with Gasteiger partial charge in [0.05, 0.1) is 60.0 Å². The molecule has 25 heavy (non-hydrogen) atoms. The molecule has 0 radical (unpaired) electrons. The molecule has 0 spiro atoms. The molecule has 0 rings (SSSR count). The number of hydrogen-bond acceptors (Lipinski definition) is 7. The van der Waals surface area contributed by atoms with E-state index < -0.39 is 0 Å². The normalized spacial score (nSPS) is 11.0. The Balaban J connectivity index is 2.99. The van der Waals surface area contributed by atoms with Crippen LogP contribution < -0.4 is 0 Å². The molecule has 7 heteroatoms. The smallest absolute Gasteiger partial charge is 0.331 e. The molecule has 0 aromatic heterocycles. The summed E-state index contributed by atoms with van der Waals surface area (Å²) < 4.78 is 31.1. The van der Waals surface area contributed by atoms with Crippen molar-refractivity contribution in [2.45, 2.75) is 39.0 Å². The van der Waals surface area contributed by atoms with Gasteiger partial charge in [0.2, 0.25) is 0 Å². The Kier molecular flexibility index (Phi) is 20.7. The highest BCUT2D eigenvalue weighted by Crippen LogP contribution is 2.02. The second-order valence-electron chi connectivity index (χ2n) is 5.49. The van der Waals surface area contributed by atoms with Crippen LogP contribution >= 0.6 is 0 Å². The highest BCUT2D eigenvalue weighted by molar-refractivity contribution is 5.70. The van der Waals surface area contributed by atoms with Gasteiger partial charge in [-0.2, -0.15) is 0 Å². The van der Waals surface area contributed by atoms with Gasteiger partial charge < -0.3 is 28.4 Å². The molecule has 0 bridgehead atoms. The van der Waals surface area contributed by atoms with E-state index in [1.807, 2.05) is 0 Å². The fourth-order valence-corrected chi connectivity index (χ4v) is 1.90. The zero-order valence-electron chi connectivity index (χ0n) is 16.0. The molecular weight excluding hydrogens is 328 g/mol. The first-order valence-electron chi connectivity index (χ1n) is 9.26. The lowest BCUT2D eigenvalue weighted by molar-refractivity contribution is -0.146. The lowest BCUT2D eigenvalue weighted by Gasteiger charge is -2.07. The first-order chi connectivity index (χ1) is 12.3. The predicted molar refractivity (Wildman–Crippen MR) is 94.9 cm³/mol. The Morgan fingerprint density at radius 1 is 0.600 bits per heavy atom. The molecule has 0 saturated heterocycles. The van der Waals surface area contributed by atoms with E-state index in [-0.39, 0.29) is 12.6 Å². The summed E-state index contributed by atoms with van der Waals surface area (Å²) in [5.41, 5.74) is 0. The summed E-state index contributed by atoms with van der Waals surface area (Å²) in [6.45, 7) is 7.12. The van der Waals surface area contributed by atoms with Crippen LogP contribution in [0.3, 0.4) is 0 Å². The summed E-state index contributed by atoms with van der Waals surface area (Å²) in [5, 5.41) is 0. The Bertz CT molecular complexity index is 274. The fraction of sp³-hybridized carbons (Fsp3) is 0.944. The Morgan fingerprint density at radius 2 is 1.04 bits per heavy atom. The van der Waals surface area contributed by atoms with Crippen LogP contribution in [-0.4, -0.2) is 79.1 Å². The number of carbonyl (C=O) groups is 1. The van der Waals surface area contributed by atoms with Gasteiger partial charge in [-0.25, -0.2) is 4.79 Å². The molecule has 0 aromatic carbocycles. The van der Waals surface area contributed by atoms with Crippen LogP contribution in [0.5, 0.6) is 0 Å². The third-order valence-electron chi connectivity index (χ3n) is 3.33. The quantitative estimate of drug-likeness (QED) is 0.242. The molecule has 0 aliphatic rings. The van der Waals surface area contributed by atoms with Crippen molar-refractivity contribution in [1.29, 1.82) is 0 Å². The van der Waals surface area contributed by atoms with Gasteiger partial charge in [-0.1, -0.05) is 32.6 Å². The predicted octanol–water partition coefficient (Wildman–Crippen LogP) is 2.21. The molecule has 0 unspecified atom stereocenters. The maximum Gasteiger partial charge on any atom is 0.331 e. The summed E-state index contributed by atoms with van der Waals surface area (Å²) in [6, 6.07) is 0. The van der Waals surface area contributed by atoms with Crippen molar-refractivity contribution in [1.82, 2.24) is 0 Å². The SMILES string of the molecule is CCCCCCCOCCOCCOCCOCCOCC(=O)OC. The van der Waals surface area contributed by atoms with Gasteiger partial charge in [-0.3, -0.25) is 0 Å². The number of methoxy groups -OCH3 is 1. The molecule has 0 aliphatic carbocycles. The second-order valence-corrected chi connectivity index (χ2v) is 5.49. The average Bonchev–Trinajstić information content (AvgIpc) is 2.63. The van der Waals surface area contributed by atoms with Gasteiger partial charge in [0.1, 0.15) is 6.61 Å². The third kappa shape index (κ3) is 21.2. The van der Waals surface area contributed by atoms with E-state index in [1.165, 1.54) is 32.8 Å². The minimum atomic E-state index is -0.388. The van der Waals surface area contributed by atoms with Crippen LogP contribution in [0.4, 0.5) is 0 Å². The van der Waals surface area contributed by atoms with Crippen molar-refractivity contribution < 1.29 is 33.2 Å². The van der Waals surface area contributed by atoms with Crippen LogP contribution in [0.2, 0.25) is 0 Å². The molecule has 7 nitrogen and oxygen atoms in total. The largest absolute Gasteiger partial charge is 0.467 e. The summed E-state index contributed by atoms with van der Waals surface area (Å²) >= 11 is 0. The van der Waals surface area contributed by atoms with E-state index in [9.17, 15) is 4.79 Å². The van der Waals surface area contributed by atoms with Gasteiger partial charge in [0.15, 0.2) is 0 Å². The average molecular weight is 364 g/mol. The highest BCUT2D eigenvalue weighted by atomic mass is 16.6. The van der Waals surface area contributed by atoms with E-state index in [1.54, 1.807) is 0 Å². The summed E-state index contributed by atoms with van der Waals surface area (Å²) in [4.78, 5) is 10.8. The van der Waals surface area contributed by atoms with Crippen LogP contribution in [0.25, 0.3) is 0 Å². The second kappa shape index (κ2) is 21.3. The Labute approximate surface area is 152 Å². The molecule has 150 valence electrons. The Hall–Kier alpha value is -0.730. The first kappa shape index (κ1) is 24.3. The summed E-state index contributed by atoms with van der Waals surface area (Å²) in [6.07, 6.45) is 6.28. The molecule has 0 aliphatic heterocycles. The fourth-order valence-electron chi connectivity index (χ4n) is 1.90. The molecule has 0 heterocycles. The molecule has 0 amide bonds. The van der Waals surface area contributed by atoms with Gasteiger partial charge in [0.25, 0.3) is 0 Å². The monoisotopic (exact) mass is 364 g/mol. The van der Waals surface area contributed by atoms with Crippen LogP contribution in [0.1, 0.15) is 39.0 Å². The van der Waals surface area contributed by atoms with Crippen molar-refractivity contribution in [3.8, 4) is 0 Å². The van der Waals surface area contributed by atoms with Gasteiger partial charge in [-0.05, 0) is 6.42 Å². The number of hydrogen-bond donors (Lipinski definition) is 0. The van der Waals surface area contributed by atoms with Crippen molar-refractivity contribution in [2.75, 3.05) is 73.2 Å². The van der Waals surface area contributed by atoms with E-state index in [2.05, 4.69) is 11.7 Å². The lowest BCUT2D eigenvalue weighted by atomic mass is 10.2. The maximum absolute atomic E-state index is 10.8. The van der Waals surface area contributed by atoms with Gasteiger partial charge in [0, 0.05) is 6.61 Å². The van der Waals surface area contributed by atoms with E-state index in [0.717, 1.165) is 13.0 Å². The number of carbonyl (C=O) groups excluding carboxylic acids is 1. The Morgan fingerprint density at radius 3 is 1.52 bits per heavy atom. The van der Waals surface area contributed by atoms with Crippen LogP contribution in [0.15, 0.2) is 0 Å². The third-order valence-corrected chi connectivity index (χ3v) is 3.33. The van der Waals surface area contributed by atoms with Crippen molar-refractivity contribution in [2.24, 2.45) is 0 Å². The van der Waals surface area contributed by atoms with E-state index in [4.69, 9.17) is 23.7 Å². The maximum atomic E-state index is 10.8. The number of esters is 1. The molecular formula is C18H36O7. The van der Waals surface area contributed by atoms with Crippen molar-refractivity contribution >= 4 is 5.97 Å². The summed E-state index contributed by atoms with van der Waals surface area (Å²) in [7, 11) is 1.33. The minimum Gasteiger partial charge on any atom is -0.467 e. The van der Waals surface area contributed by atoms with Gasteiger partial charge >= 0.3 is 5.97 Å². The molecule has 0 aromatic rings. The van der Waals surface area contributed by atoms with E-state index in [0.29, 0.717) is 52.9 Å². The first-order valence-corrected chi connectivity index (χ1v) is 9.26. The van der Waals surface area contributed by atoms with Crippen molar-refractivity contribution in [3.05, 3.63) is 0 Å². The summed E-state index contributed by atoms with van der Waals surface area (Å²) in [5.74, 6) is -0.388. The molecule has 0 N–H and O–H groups in total. The van der Waals surface area contributed by atoms with Crippen LogP contribution in [-0.2, 0) is 33.2 Å². The topological polar surface area (TPSA) is 72.5 Å². The highest BCUT2D eigenvalue weighted by Gasteiger charge is 1.99. The van der Waals surface area contributed by atoms with Crippen molar-refractivity contribution in [3.63, 3.8) is 0 Å². The molecule has 0 atom stereocenters. The number of rotatable bonds is 20. The zero-order valence-corrected chi connectivity index (χ0v) is 16.0. The zero-order chi connectivity index (χ0) is 18.4. The molecule has 0 fully saturated rings. The van der Waals surface area contributed by atoms with Crippen LogP contribution in [0, 0.1) is 0 Å². The number of unbranched alkanes of at least 4 members (excludes halogenated alkanes) is 4. The standard InChI is InChI=1S/C18H36O7/c1-3-4-5-6-7-8-21-9-10-22-11-12-23-13-14-24-15-16-25-17-18(19)20-2/h3-17H2,1-2H3. The lowest BCUT2D eigenvalue weighted by Crippen LogP contribution is -2.15. The van der Waals surface area contributed by atoms with Gasteiger partial charge in [-0.15, -0.1) is 0 Å². The van der Waals surface area contributed by atoms with E-state index >= 15 is 0 Å². The minimum absolute atomic E-state index is 0.0454.